The molecule has 0 fully saturated rings. The first-order valence-corrected chi connectivity index (χ1v) is 5.01. The fraction of sp³-hybridized carbons (Fsp3) is 0.778. The Labute approximate surface area is 78.4 Å². The van der Waals surface area contributed by atoms with Crippen molar-refractivity contribution in [3.05, 3.63) is 6.33 Å². The zero-order chi connectivity index (χ0) is 9.26. The van der Waals surface area contributed by atoms with Crippen LogP contribution in [0.2, 0.25) is 0 Å². The van der Waals surface area contributed by atoms with Gasteiger partial charge in [0.15, 0.2) is 0 Å². The van der Waals surface area contributed by atoms with Crippen molar-refractivity contribution in [2.24, 2.45) is 0 Å². The van der Waals surface area contributed by atoms with Crippen LogP contribution < -0.4 is 5.32 Å². The molecule has 0 amide bonds. The maximum absolute atomic E-state index is 4.22. The molecular formula is C9H16N4. The quantitative estimate of drug-likeness (QED) is 0.755. The molecule has 0 aromatic carbocycles. The second-order valence-electron chi connectivity index (χ2n) is 3.58. The van der Waals surface area contributed by atoms with E-state index in [4.69, 9.17) is 0 Å². The first-order chi connectivity index (χ1) is 6.35. The fourth-order valence-corrected chi connectivity index (χ4v) is 1.90. The molecule has 2 atom stereocenters. The van der Waals surface area contributed by atoms with Crippen molar-refractivity contribution in [3.63, 3.8) is 0 Å². The first-order valence-electron chi connectivity index (χ1n) is 5.01. The summed E-state index contributed by atoms with van der Waals surface area (Å²) in [6, 6.07) is 1.10. The number of rotatable bonds is 2. The number of hydrogen-bond donors (Lipinski definition) is 1. The summed E-state index contributed by atoms with van der Waals surface area (Å²) in [5.41, 5.74) is 0. The number of anilines is 1. The molecule has 0 radical (unpaired) electrons. The van der Waals surface area contributed by atoms with Crippen molar-refractivity contribution in [2.45, 2.75) is 45.2 Å². The van der Waals surface area contributed by atoms with Gasteiger partial charge in [0.25, 0.3) is 0 Å². The smallest absolute Gasteiger partial charge is 0.221 e. The molecule has 1 aliphatic heterocycles. The Hall–Kier alpha value is -1.06. The van der Waals surface area contributed by atoms with E-state index in [1.165, 1.54) is 6.42 Å². The van der Waals surface area contributed by atoms with Crippen molar-refractivity contribution >= 4 is 5.95 Å². The van der Waals surface area contributed by atoms with E-state index in [1.807, 2.05) is 4.68 Å². The Morgan fingerprint density at radius 1 is 1.54 bits per heavy atom. The third kappa shape index (κ3) is 1.41. The average Bonchev–Trinajstić information content (AvgIpc) is 2.63. The van der Waals surface area contributed by atoms with E-state index in [2.05, 4.69) is 29.2 Å². The van der Waals surface area contributed by atoms with Gasteiger partial charge in [-0.15, -0.1) is 0 Å². The Bertz CT molecular complexity index is 281. The number of hydrogen-bond acceptors (Lipinski definition) is 3. The van der Waals surface area contributed by atoms with E-state index in [1.54, 1.807) is 6.33 Å². The second-order valence-corrected chi connectivity index (χ2v) is 3.58. The minimum atomic E-state index is 0.531. The van der Waals surface area contributed by atoms with Gasteiger partial charge in [-0.25, -0.2) is 4.68 Å². The van der Waals surface area contributed by atoms with Crippen LogP contribution in [0.5, 0.6) is 0 Å². The molecule has 1 aromatic rings. The Balaban J connectivity index is 2.25. The second kappa shape index (κ2) is 3.36. The SMILES string of the molecule is CCC1CC(CC)n2ncnc2N1. The van der Waals surface area contributed by atoms with Gasteiger partial charge in [-0.05, 0) is 19.3 Å². The lowest BCUT2D eigenvalue weighted by molar-refractivity contribution is 0.361. The topological polar surface area (TPSA) is 42.7 Å². The van der Waals surface area contributed by atoms with Crippen LogP contribution in [0.15, 0.2) is 6.33 Å². The number of nitrogens with zero attached hydrogens (tertiary/aromatic N) is 3. The van der Waals surface area contributed by atoms with E-state index in [9.17, 15) is 0 Å². The molecule has 1 aliphatic rings. The zero-order valence-electron chi connectivity index (χ0n) is 8.20. The predicted octanol–water partition coefficient (Wildman–Crippen LogP) is 1.82. The van der Waals surface area contributed by atoms with Gasteiger partial charge in [-0.1, -0.05) is 13.8 Å². The molecule has 0 spiro atoms. The molecule has 1 aromatic heterocycles. The Morgan fingerprint density at radius 3 is 3.08 bits per heavy atom. The van der Waals surface area contributed by atoms with Crippen LogP contribution in [0, 0.1) is 0 Å². The highest BCUT2D eigenvalue weighted by atomic mass is 15.4. The molecule has 4 heteroatoms. The lowest BCUT2D eigenvalue weighted by Gasteiger charge is -2.29. The lowest BCUT2D eigenvalue weighted by atomic mass is 10.0. The van der Waals surface area contributed by atoms with Gasteiger partial charge >= 0.3 is 0 Å². The molecule has 0 aliphatic carbocycles. The molecule has 72 valence electrons. The van der Waals surface area contributed by atoms with Crippen LogP contribution in [0.3, 0.4) is 0 Å². The molecule has 0 bridgehead atoms. The fourth-order valence-electron chi connectivity index (χ4n) is 1.90. The van der Waals surface area contributed by atoms with Gasteiger partial charge in [0.2, 0.25) is 5.95 Å². The lowest BCUT2D eigenvalue weighted by Crippen LogP contribution is -2.31. The summed E-state index contributed by atoms with van der Waals surface area (Å²) >= 11 is 0. The average molecular weight is 180 g/mol. The summed E-state index contributed by atoms with van der Waals surface area (Å²) < 4.78 is 2.01. The normalized spacial score (nSPS) is 26.6. The van der Waals surface area contributed by atoms with Crippen molar-refractivity contribution in [1.82, 2.24) is 14.8 Å². The van der Waals surface area contributed by atoms with Crippen LogP contribution in [0.4, 0.5) is 5.95 Å². The number of fused-ring (bicyclic) bond motifs is 1. The summed E-state index contributed by atoms with van der Waals surface area (Å²) in [6.07, 6.45) is 5.09. The summed E-state index contributed by atoms with van der Waals surface area (Å²) in [7, 11) is 0. The highest BCUT2D eigenvalue weighted by Crippen LogP contribution is 2.27. The standard InChI is InChI=1S/C9H16N4/c1-3-7-5-8(4-2)13-9(12-7)10-6-11-13/h6-8H,3-5H2,1-2H3,(H,10,11,12). The van der Waals surface area contributed by atoms with E-state index in [-0.39, 0.29) is 0 Å². The van der Waals surface area contributed by atoms with E-state index in [0.717, 1.165) is 18.8 Å². The predicted molar refractivity (Wildman–Crippen MR) is 51.7 cm³/mol. The van der Waals surface area contributed by atoms with Gasteiger partial charge in [-0.3, -0.25) is 0 Å². The molecule has 0 saturated carbocycles. The molecule has 2 heterocycles. The first kappa shape index (κ1) is 8.53. The van der Waals surface area contributed by atoms with Crippen molar-refractivity contribution in [2.75, 3.05) is 5.32 Å². The highest BCUT2D eigenvalue weighted by Gasteiger charge is 2.24. The van der Waals surface area contributed by atoms with Crippen LogP contribution in [0.1, 0.15) is 39.2 Å². The van der Waals surface area contributed by atoms with Gasteiger partial charge in [-0.2, -0.15) is 10.1 Å². The largest absolute Gasteiger partial charge is 0.352 e. The maximum Gasteiger partial charge on any atom is 0.221 e. The molecule has 2 rings (SSSR count). The molecule has 1 N–H and O–H groups in total. The summed E-state index contributed by atoms with van der Waals surface area (Å²) in [6.45, 7) is 4.41. The maximum atomic E-state index is 4.22. The molecule has 0 saturated heterocycles. The van der Waals surface area contributed by atoms with Crippen molar-refractivity contribution in [1.29, 1.82) is 0 Å². The van der Waals surface area contributed by atoms with Gasteiger partial charge in [0, 0.05) is 6.04 Å². The number of nitrogens with one attached hydrogen (secondary N) is 1. The van der Waals surface area contributed by atoms with Gasteiger partial charge in [0.1, 0.15) is 6.33 Å². The minimum Gasteiger partial charge on any atom is -0.352 e. The summed E-state index contributed by atoms with van der Waals surface area (Å²) in [4.78, 5) is 4.19. The Morgan fingerprint density at radius 2 is 2.38 bits per heavy atom. The highest BCUT2D eigenvalue weighted by molar-refractivity contribution is 5.28. The van der Waals surface area contributed by atoms with Gasteiger partial charge in [0.05, 0.1) is 6.04 Å². The summed E-state index contributed by atoms with van der Waals surface area (Å²) in [5.74, 6) is 0.935. The van der Waals surface area contributed by atoms with Crippen LogP contribution in [-0.4, -0.2) is 20.8 Å². The van der Waals surface area contributed by atoms with Crippen molar-refractivity contribution < 1.29 is 0 Å². The van der Waals surface area contributed by atoms with E-state index >= 15 is 0 Å². The van der Waals surface area contributed by atoms with Crippen LogP contribution >= 0.6 is 0 Å². The third-order valence-electron chi connectivity index (χ3n) is 2.77. The third-order valence-corrected chi connectivity index (χ3v) is 2.77. The van der Waals surface area contributed by atoms with E-state index < -0.39 is 0 Å². The minimum absolute atomic E-state index is 0.531. The molecular weight excluding hydrogens is 164 g/mol. The Kier molecular flexibility index (Phi) is 2.20. The monoisotopic (exact) mass is 180 g/mol. The zero-order valence-corrected chi connectivity index (χ0v) is 8.20. The number of aromatic nitrogens is 3. The van der Waals surface area contributed by atoms with Gasteiger partial charge < -0.3 is 5.32 Å². The van der Waals surface area contributed by atoms with Crippen LogP contribution in [-0.2, 0) is 0 Å². The van der Waals surface area contributed by atoms with E-state index in [0.29, 0.717) is 12.1 Å². The molecule has 2 unspecified atom stereocenters. The van der Waals surface area contributed by atoms with Crippen molar-refractivity contribution in [3.8, 4) is 0 Å². The summed E-state index contributed by atoms with van der Waals surface area (Å²) in [5, 5.41) is 7.60. The molecule has 13 heavy (non-hydrogen) atoms. The van der Waals surface area contributed by atoms with Crippen LogP contribution in [0.25, 0.3) is 0 Å². The molecule has 4 nitrogen and oxygen atoms in total.